The molecule has 1 amide bonds. The maximum Gasteiger partial charge on any atom is 0.228 e. The fraction of sp³-hybridized carbons (Fsp3) is 0.176. The molecule has 0 spiro atoms. The van der Waals surface area contributed by atoms with E-state index in [-0.39, 0.29) is 11.8 Å². The Balaban J connectivity index is 1.80. The number of benzene rings is 1. The second kappa shape index (κ2) is 6.03. The standard InChI is InChI=1S/C17H11Cl2N5O/c18-10-5-8(7-20)6-11(19)13(10)15-22-12-3-4-21-16(14(12)23-15)24-17(25)9-1-2-9/h3-6,9H,1-2H2,(H,22,23)(H,21,24,25). The van der Waals surface area contributed by atoms with Crippen LogP contribution in [-0.4, -0.2) is 20.9 Å². The molecule has 2 heterocycles. The lowest BCUT2D eigenvalue weighted by atomic mass is 10.1. The topological polar surface area (TPSA) is 94.5 Å². The second-order valence-electron chi connectivity index (χ2n) is 5.83. The molecule has 3 aromatic rings. The van der Waals surface area contributed by atoms with E-state index in [2.05, 4.69) is 20.3 Å². The zero-order chi connectivity index (χ0) is 17.6. The van der Waals surface area contributed by atoms with Gasteiger partial charge in [-0.05, 0) is 31.0 Å². The smallest absolute Gasteiger partial charge is 0.228 e. The van der Waals surface area contributed by atoms with Gasteiger partial charge >= 0.3 is 0 Å². The number of amides is 1. The summed E-state index contributed by atoms with van der Waals surface area (Å²) in [5.74, 6) is 0.908. The number of carbonyl (C=O) groups is 1. The van der Waals surface area contributed by atoms with Crippen molar-refractivity contribution in [3.05, 3.63) is 40.0 Å². The largest absolute Gasteiger partial charge is 0.335 e. The lowest BCUT2D eigenvalue weighted by Gasteiger charge is -2.05. The summed E-state index contributed by atoms with van der Waals surface area (Å²) < 4.78 is 0. The van der Waals surface area contributed by atoms with Crippen LogP contribution in [0, 0.1) is 17.2 Å². The van der Waals surface area contributed by atoms with E-state index in [0.29, 0.717) is 43.8 Å². The summed E-state index contributed by atoms with van der Waals surface area (Å²) in [7, 11) is 0. The van der Waals surface area contributed by atoms with Crippen molar-refractivity contribution in [3.8, 4) is 17.5 Å². The average Bonchev–Trinajstić information content (AvgIpc) is 3.34. The fourth-order valence-corrected chi connectivity index (χ4v) is 3.24. The Kier molecular flexibility index (Phi) is 3.83. The zero-order valence-corrected chi connectivity index (χ0v) is 14.3. The van der Waals surface area contributed by atoms with Crippen molar-refractivity contribution < 1.29 is 4.79 Å². The first kappa shape index (κ1) is 15.9. The molecular weight excluding hydrogens is 361 g/mol. The number of hydrogen-bond donors (Lipinski definition) is 2. The molecule has 1 fully saturated rings. The molecule has 6 nitrogen and oxygen atoms in total. The van der Waals surface area contributed by atoms with Crippen molar-refractivity contribution in [1.82, 2.24) is 15.0 Å². The summed E-state index contributed by atoms with van der Waals surface area (Å²) in [5, 5.41) is 12.5. The van der Waals surface area contributed by atoms with Gasteiger partial charge in [-0.25, -0.2) is 9.97 Å². The summed E-state index contributed by atoms with van der Waals surface area (Å²) in [5.41, 5.74) is 2.10. The van der Waals surface area contributed by atoms with Crippen LogP contribution in [0.15, 0.2) is 24.4 Å². The maximum atomic E-state index is 12.0. The van der Waals surface area contributed by atoms with E-state index >= 15 is 0 Å². The molecule has 8 heteroatoms. The molecule has 124 valence electrons. The highest BCUT2D eigenvalue weighted by molar-refractivity contribution is 6.39. The van der Waals surface area contributed by atoms with Gasteiger partial charge in [0.2, 0.25) is 5.91 Å². The number of nitrogens with one attached hydrogen (secondary N) is 2. The Morgan fingerprint density at radius 3 is 2.68 bits per heavy atom. The van der Waals surface area contributed by atoms with E-state index in [4.69, 9.17) is 28.5 Å². The summed E-state index contributed by atoms with van der Waals surface area (Å²) in [6, 6.07) is 6.80. The highest BCUT2D eigenvalue weighted by Gasteiger charge is 2.30. The summed E-state index contributed by atoms with van der Waals surface area (Å²) in [6.07, 6.45) is 3.40. The fourth-order valence-electron chi connectivity index (χ4n) is 2.58. The van der Waals surface area contributed by atoms with E-state index in [9.17, 15) is 4.79 Å². The van der Waals surface area contributed by atoms with Crippen LogP contribution in [0.1, 0.15) is 18.4 Å². The molecule has 0 unspecified atom stereocenters. The minimum atomic E-state index is -0.0365. The summed E-state index contributed by atoms with van der Waals surface area (Å²) in [6.45, 7) is 0. The van der Waals surface area contributed by atoms with E-state index < -0.39 is 0 Å². The number of carbonyl (C=O) groups excluding carboxylic acids is 1. The first-order valence-electron chi connectivity index (χ1n) is 7.62. The van der Waals surface area contributed by atoms with Crippen LogP contribution >= 0.6 is 23.2 Å². The predicted molar refractivity (Wildman–Crippen MR) is 95.4 cm³/mol. The SMILES string of the molecule is N#Cc1cc(Cl)c(-c2nc3ccnc(NC(=O)C4CC4)c3[nH]2)c(Cl)c1. The number of pyridine rings is 1. The lowest BCUT2D eigenvalue weighted by molar-refractivity contribution is -0.117. The van der Waals surface area contributed by atoms with E-state index in [1.807, 2.05) is 6.07 Å². The zero-order valence-electron chi connectivity index (χ0n) is 12.8. The van der Waals surface area contributed by atoms with Gasteiger partial charge in [0, 0.05) is 12.1 Å². The maximum absolute atomic E-state index is 12.0. The molecule has 1 aromatic carbocycles. The Hall–Kier alpha value is -2.62. The van der Waals surface area contributed by atoms with Gasteiger partial charge in [-0.3, -0.25) is 4.79 Å². The number of imidazole rings is 1. The Labute approximate surface area is 152 Å². The first-order valence-corrected chi connectivity index (χ1v) is 8.37. The molecule has 0 aliphatic heterocycles. The minimum Gasteiger partial charge on any atom is -0.335 e. The number of anilines is 1. The van der Waals surface area contributed by atoms with Crippen LogP contribution in [0.3, 0.4) is 0 Å². The number of nitriles is 1. The van der Waals surface area contributed by atoms with Gasteiger partial charge in [-0.1, -0.05) is 23.2 Å². The first-order chi connectivity index (χ1) is 12.1. The Bertz CT molecular complexity index is 1030. The molecule has 0 atom stereocenters. The van der Waals surface area contributed by atoms with Crippen molar-refractivity contribution >= 4 is 46.0 Å². The van der Waals surface area contributed by atoms with Gasteiger partial charge in [0.05, 0.1) is 32.8 Å². The molecule has 1 aliphatic carbocycles. The lowest BCUT2D eigenvalue weighted by Crippen LogP contribution is -2.14. The van der Waals surface area contributed by atoms with Crippen LogP contribution in [-0.2, 0) is 4.79 Å². The van der Waals surface area contributed by atoms with Crippen molar-refractivity contribution in [3.63, 3.8) is 0 Å². The van der Waals surface area contributed by atoms with E-state index in [1.54, 1.807) is 12.3 Å². The number of fused-ring (bicyclic) bond motifs is 1. The molecule has 2 N–H and O–H groups in total. The highest BCUT2D eigenvalue weighted by atomic mass is 35.5. The quantitative estimate of drug-likeness (QED) is 0.722. The second-order valence-corrected chi connectivity index (χ2v) is 6.64. The van der Waals surface area contributed by atoms with Crippen molar-refractivity contribution in [1.29, 1.82) is 5.26 Å². The predicted octanol–water partition coefficient (Wildman–Crippen LogP) is 4.15. The third-order valence-electron chi connectivity index (χ3n) is 4.00. The molecule has 1 aliphatic rings. The van der Waals surface area contributed by atoms with Gasteiger partial charge in [0.25, 0.3) is 0 Å². The van der Waals surface area contributed by atoms with Crippen molar-refractivity contribution in [2.24, 2.45) is 5.92 Å². The Morgan fingerprint density at radius 2 is 2.04 bits per heavy atom. The van der Waals surface area contributed by atoms with Gasteiger partial charge in [0.15, 0.2) is 5.82 Å². The van der Waals surface area contributed by atoms with Gasteiger partial charge < -0.3 is 10.3 Å². The number of rotatable bonds is 3. The van der Waals surface area contributed by atoms with Crippen LogP contribution in [0.5, 0.6) is 0 Å². The normalized spacial score (nSPS) is 13.6. The minimum absolute atomic E-state index is 0.0365. The number of halogens is 2. The summed E-state index contributed by atoms with van der Waals surface area (Å²) >= 11 is 12.5. The third-order valence-corrected chi connectivity index (χ3v) is 4.60. The average molecular weight is 372 g/mol. The third kappa shape index (κ3) is 2.93. The van der Waals surface area contributed by atoms with Crippen LogP contribution in [0.4, 0.5) is 5.82 Å². The van der Waals surface area contributed by atoms with E-state index in [1.165, 1.54) is 12.1 Å². The van der Waals surface area contributed by atoms with Gasteiger partial charge in [-0.2, -0.15) is 5.26 Å². The van der Waals surface area contributed by atoms with Crippen LogP contribution < -0.4 is 5.32 Å². The van der Waals surface area contributed by atoms with Crippen molar-refractivity contribution in [2.45, 2.75) is 12.8 Å². The number of H-pyrrole nitrogens is 1. The molecule has 0 bridgehead atoms. The van der Waals surface area contributed by atoms with Gasteiger partial charge in [0.1, 0.15) is 11.3 Å². The molecule has 1 saturated carbocycles. The summed E-state index contributed by atoms with van der Waals surface area (Å²) in [4.78, 5) is 23.9. The van der Waals surface area contributed by atoms with Gasteiger partial charge in [-0.15, -0.1) is 0 Å². The molecule has 0 radical (unpaired) electrons. The molecule has 0 saturated heterocycles. The molecular formula is C17H11Cl2N5O. The molecule has 4 rings (SSSR count). The monoisotopic (exact) mass is 371 g/mol. The molecule has 2 aromatic heterocycles. The molecule has 25 heavy (non-hydrogen) atoms. The Morgan fingerprint density at radius 1 is 1.32 bits per heavy atom. The van der Waals surface area contributed by atoms with Crippen LogP contribution in [0.2, 0.25) is 10.0 Å². The van der Waals surface area contributed by atoms with Crippen LogP contribution in [0.25, 0.3) is 22.4 Å². The highest BCUT2D eigenvalue weighted by Crippen LogP contribution is 2.36. The number of hydrogen-bond acceptors (Lipinski definition) is 4. The van der Waals surface area contributed by atoms with Crippen molar-refractivity contribution in [2.75, 3.05) is 5.32 Å². The number of aromatic nitrogens is 3. The number of aromatic amines is 1. The number of nitrogens with zero attached hydrogens (tertiary/aromatic N) is 3. The van der Waals surface area contributed by atoms with E-state index in [0.717, 1.165) is 12.8 Å².